The second-order valence-corrected chi connectivity index (χ2v) is 7.98. The number of pyridine rings is 1. The second-order valence-electron chi connectivity index (χ2n) is 7.98. The van der Waals surface area contributed by atoms with Crippen LogP contribution in [0.25, 0.3) is 0 Å². The molecule has 0 unspecified atom stereocenters. The van der Waals surface area contributed by atoms with Crippen molar-refractivity contribution in [3.05, 3.63) is 40.9 Å². The quantitative estimate of drug-likeness (QED) is 0.863. The molecule has 2 aliphatic heterocycles. The molecule has 8 heteroatoms. The summed E-state index contributed by atoms with van der Waals surface area (Å²) >= 11 is 0. The van der Waals surface area contributed by atoms with Gasteiger partial charge >= 0.3 is 0 Å². The summed E-state index contributed by atoms with van der Waals surface area (Å²) < 4.78 is 5.23. The van der Waals surface area contributed by atoms with Crippen LogP contribution in [0.3, 0.4) is 0 Å². The molecule has 4 heterocycles. The summed E-state index contributed by atoms with van der Waals surface area (Å²) in [5.41, 5.74) is 7.71. The highest BCUT2D eigenvalue weighted by Crippen LogP contribution is 2.42. The van der Waals surface area contributed by atoms with Crippen LogP contribution in [0.4, 0.5) is 5.82 Å². The third-order valence-corrected chi connectivity index (χ3v) is 6.11. The fraction of sp³-hybridized carbons (Fsp3) is 0.500. The maximum absolute atomic E-state index is 12.7. The number of likely N-dealkylation sites (tertiary alicyclic amines) is 1. The van der Waals surface area contributed by atoms with Crippen molar-refractivity contribution in [3.63, 3.8) is 0 Å². The van der Waals surface area contributed by atoms with Crippen molar-refractivity contribution in [2.45, 2.75) is 39.7 Å². The summed E-state index contributed by atoms with van der Waals surface area (Å²) in [4.78, 5) is 32.6. The lowest BCUT2D eigenvalue weighted by Crippen LogP contribution is -2.42. The Labute approximate surface area is 163 Å². The minimum absolute atomic E-state index is 0.00779. The Morgan fingerprint density at radius 1 is 1.32 bits per heavy atom. The Kier molecular flexibility index (Phi) is 4.56. The highest BCUT2D eigenvalue weighted by molar-refractivity contribution is 5.93. The number of carbonyl (C=O) groups is 2. The van der Waals surface area contributed by atoms with E-state index in [4.69, 9.17) is 10.3 Å². The zero-order valence-electron chi connectivity index (χ0n) is 16.3. The summed E-state index contributed by atoms with van der Waals surface area (Å²) in [5, 5.41) is 3.99. The summed E-state index contributed by atoms with van der Waals surface area (Å²) in [5.74, 6) is 1.29. The van der Waals surface area contributed by atoms with Gasteiger partial charge in [-0.3, -0.25) is 9.59 Å². The van der Waals surface area contributed by atoms with Crippen LogP contribution in [-0.4, -0.2) is 46.5 Å². The van der Waals surface area contributed by atoms with Crippen LogP contribution in [0, 0.1) is 19.3 Å². The van der Waals surface area contributed by atoms with E-state index in [1.165, 1.54) is 0 Å². The first-order valence-corrected chi connectivity index (χ1v) is 9.57. The SMILES string of the molecule is Cc1noc(C)c1CN1CC2(CCN(c3cc(C(N)=O)ccn3)CC2)CC1=O. The van der Waals surface area contributed by atoms with E-state index >= 15 is 0 Å². The van der Waals surface area contributed by atoms with Gasteiger partial charge in [0.15, 0.2) is 0 Å². The number of primary amides is 1. The number of piperidine rings is 1. The van der Waals surface area contributed by atoms with Crippen LogP contribution < -0.4 is 10.6 Å². The van der Waals surface area contributed by atoms with Crippen molar-refractivity contribution in [2.75, 3.05) is 24.5 Å². The van der Waals surface area contributed by atoms with Gasteiger partial charge in [-0.05, 0) is 38.8 Å². The van der Waals surface area contributed by atoms with Gasteiger partial charge in [-0.25, -0.2) is 4.98 Å². The number of amides is 2. The number of anilines is 1. The van der Waals surface area contributed by atoms with Crippen molar-refractivity contribution in [1.29, 1.82) is 0 Å². The van der Waals surface area contributed by atoms with E-state index in [0.717, 1.165) is 55.3 Å². The Hall–Kier alpha value is -2.90. The second kappa shape index (κ2) is 6.92. The van der Waals surface area contributed by atoms with E-state index < -0.39 is 5.91 Å². The van der Waals surface area contributed by atoms with Crippen molar-refractivity contribution in [2.24, 2.45) is 11.1 Å². The van der Waals surface area contributed by atoms with Gasteiger partial charge < -0.3 is 20.1 Å². The lowest BCUT2D eigenvalue weighted by atomic mass is 9.77. The Balaban J connectivity index is 1.42. The summed E-state index contributed by atoms with van der Waals surface area (Å²) in [6.07, 6.45) is 4.03. The first-order chi connectivity index (χ1) is 13.4. The summed E-state index contributed by atoms with van der Waals surface area (Å²) in [6, 6.07) is 3.36. The first-order valence-electron chi connectivity index (χ1n) is 9.57. The van der Waals surface area contributed by atoms with Crippen LogP contribution in [0.15, 0.2) is 22.9 Å². The number of hydrogen-bond acceptors (Lipinski definition) is 6. The normalized spacial score (nSPS) is 18.9. The number of nitrogens with two attached hydrogens (primary N) is 1. The van der Waals surface area contributed by atoms with Gasteiger partial charge in [0, 0.05) is 48.8 Å². The van der Waals surface area contributed by atoms with Gasteiger partial charge in [0.2, 0.25) is 11.8 Å². The molecule has 1 spiro atoms. The Bertz CT molecular complexity index is 895. The maximum Gasteiger partial charge on any atom is 0.248 e. The molecule has 2 fully saturated rings. The van der Waals surface area contributed by atoms with E-state index in [-0.39, 0.29) is 11.3 Å². The summed E-state index contributed by atoms with van der Waals surface area (Å²) in [6.45, 7) is 6.74. The van der Waals surface area contributed by atoms with Gasteiger partial charge in [-0.2, -0.15) is 0 Å². The molecule has 2 amide bonds. The lowest BCUT2D eigenvalue weighted by molar-refractivity contribution is -0.128. The Morgan fingerprint density at radius 2 is 2.07 bits per heavy atom. The van der Waals surface area contributed by atoms with Crippen LogP contribution in [0.5, 0.6) is 0 Å². The van der Waals surface area contributed by atoms with E-state index in [1.54, 1.807) is 18.3 Å². The molecule has 8 nitrogen and oxygen atoms in total. The van der Waals surface area contributed by atoms with Gasteiger partial charge in [-0.15, -0.1) is 0 Å². The minimum Gasteiger partial charge on any atom is -0.366 e. The van der Waals surface area contributed by atoms with Crippen LogP contribution in [-0.2, 0) is 11.3 Å². The van der Waals surface area contributed by atoms with E-state index in [1.807, 2.05) is 18.7 Å². The number of carbonyl (C=O) groups excluding carboxylic acids is 2. The van der Waals surface area contributed by atoms with Gasteiger partial charge in [0.05, 0.1) is 12.2 Å². The fourth-order valence-corrected chi connectivity index (χ4v) is 4.33. The smallest absolute Gasteiger partial charge is 0.248 e. The van der Waals surface area contributed by atoms with Crippen molar-refractivity contribution >= 4 is 17.6 Å². The van der Waals surface area contributed by atoms with Gasteiger partial charge in [0.1, 0.15) is 11.6 Å². The standard InChI is InChI=1S/C20H25N5O3/c1-13-16(14(2)28-23-13)11-25-12-20(10-18(25)26)4-7-24(8-5-20)17-9-15(19(21)27)3-6-22-17/h3,6,9H,4-5,7-8,10-12H2,1-2H3,(H2,21,27). The van der Waals surface area contributed by atoms with Crippen molar-refractivity contribution in [3.8, 4) is 0 Å². The number of nitrogens with zero attached hydrogens (tertiary/aromatic N) is 4. The van der Waals surface area contributed by atoms with Gasteiger partial charge in [-0.1, -0.05) is 5.16 Å². The number of hydrogen-bond donors (Lipinski definition) is 1. The molecule has 0 aromatic carbocycles. The number of aromatic nitrogens is 2. The number of rotatable bonds is 4. The molecule has 4 rings (SSSR count). The molecular formula is C20H25N5O3. The molecule has 0 saturated carbocycles. The first kappa shape index (κ1) is 18.5. The average molecular weight is 383 g/mol. The molecule has 0 radical (unpaired) electrons. The predicted octanol–water partition coefficient (Wildman–Crippen LogP) is 1.80. The third kappa shape index (κ3) is 3.34. The fourth-order valence-electron chi connectivity index (χ4n) is 4.33. The number of aryl methyl sites for hydroxylation is 2. The monoisotopic (exact) mass is 383 g/mol. The molecular weight excluding hydrogens is 358 g/mol. The summed E-state index contributed by atoms with van der Waals surface area (Å²) in [7, 11) is 0. The maximum atomic E-state index is 12.7. The van der Waals surface area contributed by atoms with Crippen molar-refractivity contribution in [1.82, 2.24) is 15.0 Å². The zero-order chi connectivity index (χ0) is 19.9. The predicted molar refractivity (Wildman–Crippen MR) is 103 cm³/mol. The molecule has 0 atom stereocenters. The molecule has 148 valence electrons. The molecule has 2 N–H and O–H groups in total. The minimum atomic E-state index is -0.450. The molecule has 2 aliphatic rings. The Morgan fingerprint density at radius 3 is 2.71 bits per heavy atom. The van der Waals surface area contributed by atoms with Crippen molar-refractivity contribution < 1.29 is 14.1 Å². The molecule has 0 aliphatic carbocycles. The average Bonchev–Trinajstić information content (AvgIpc) is 3.16. The highest BCUT2D eigenvalue weighted by Gasteiger charge is 2.45. The molecule has 0 bridgehead atoms. The van der Waals surface area contributed by atoms with Crippen LogP contribution in [0.1, 0.15) is 46.6 Å². The molecule has 2 saturated heterocycles. The van der Waals surface area contributed by atoms with E-state index in [2.05, 4.69) is 15.0 Å². The third-order valence-electron chi connectivity index (χ3n) is 6.11. The molecule has 28 heavy (non-hydrogen) atoms. The van der Waals surface area contributed by atoms with E-state index in [9.17, 15) is 9.59 Å². The lowest BCUT2D eigenvalue weighted by Gasteiger charge is -2.39. The van der Waals surface area contributed by atoms with Gasteiger partial charge in [0.25, 0.3) is 0 Å². The molecule has 2 aromatic rings. The topological polar surface area (TPSA) is 106 Å². The van der Waals surface area contributed by atoms with Crippen LogP contribution in [0.2, 0.25) is 0 Å². The van der Waals surface area contributed by atoms with E-state index in [0.29, 0.717) is 18.5 Å². The largest absolute Gasteiger partial charge is 0.366 e. The molecule has 2 aromatic heterocycles. The zero-order valence-corrected chi connectivity index (χ0v) is 16.3. The highest BCUT2D eigenvalue weighted by atomic mass is 16.5. The van der Waals surface area contributed by atoms with Crippen LogP contribution >= 0.6 is 0 Å².